The van der Waals surface area contributed by atoms with Gasteiger partial charge in [-0.15, -0.1) is 12.4 Å². The lowest BCUT2D eigenvalue weighted by atomic mass is 9.89. The summed E-state index contributed by atoms with van der Waals surface area (Å²) >= 11 is 0. The van der Waals surface area contributed by atoms with Crippen molar-refractivity contribution in [2.24, 2.45) is 7.05 Å². The molecule has 30 heavy (non-hydrogen) atoms. The summed E-state index contributed by atoms with van der Waals surface area (Å²) in [6.07, 6.45) is 6.16. The molecule has 1 atom stereocenters. The number of imidazole rings is 1. The first-order valence-electron chi connectivity index (χ1n) is 10.4. The van der Waals surface area contributed by atoms with Gasteiger partial charge in [-0.1, -0.05) is 51.1 Å². The second-order valence-corrected chi connectivity index (χ2v) is 9.02. The molecule has 1 aliphatic rings. The molecule has 6 nitrogen and oxygen atoms in total. The van der Waals surface area contributed by atoms with E-state index in [0.29, 0.717) is 0 Å². The van der Waals surface area contributed by atoms with Gasteiger partial charge < -0.3 is 9.88 Å². The molecule has 162 valence electrons. The molecular weight excluding hydrogens is 396 g/mol. The first-order valence-corrected chi connectivity index (χ1v) is 10.4. The van der Waals surface area contributed by atoms with Crippen LogP contribution in [0.2, 0.25) is 0 Å². The van der Waals surface area contributed by atoms with Crippen molar-refractivity contribution < 1.29 is 0 Å². The van der Waals surface area contributed by atoms with Crippen LogP contribution >= 0.6 is 12.4 Å². The van der Waals surface area contributed by atoms with Gasteiger partial charge >= 0.3 is 0 Å². The van der Waals surface area contributed by atoms with Gasteiger partial charge in [-0.05, 0) is 5.56 Å². The molecule has 3 heterocycles. The maximum absolute atomic E-state index is 5.00. The molecular formula is C23H33ClN6. The summed E-state index contributed by atoms with van der Waals surface area (Å²) in [6, 6.07) is 10.8. The van der Waals surface area contributed by atoms with Gasteiger partial charge in [0.15, 0.2) is 0 Å². The van der Waals surface area contributed by atoms with E-state index >= 15 is 0 Å². The van der Waals surface area contributed by atoms with Crippen molar-refractivity contribution in [2.45, 2.75) is 45.3 Å². The number of nitrogens with zero attached hydrogens (tertiary/aromatic N) is 5. The molecule has 0 amide bonds. The summed E-state index contributed by atoms with van der Waals surface area (Å²) in [5.41, 5.74) is 3.78. The molecule has 1 unspecified atom stereocenters. The van der Waals surface area contributed by atoms with E-state index in [4.69, 9.17) is 5.10 Å². The highest BCUT2D eigenvalue weighted by molar-refractivity contribution is 5.85. The number of benzene rings is 1. The van der Waals surface area contributed by atoms with Crippen LogP contribution in [0.4, 0.5) is 0 Å². The lowest BCUT2D eigenvalue weighted by Crippen LogP contribution is -2.46. The Labute approximate surface area is 185 Å². The highest BCUT2D eigenvalue weighted by Gasteiger charge is 2.30. The number of aromatic nitrogens is 4. The maximum Gasteiger partial charge on any atom is 0.127 e. The summed E-state index contributed by atoms with van der Waals surface area (Å²) in [5, 5.41) is 8.53. The van der Waals surface area contributed by atoms with Gasteiger partial charge in [-0.25, -0.2) is 4.98 Å². The smallest absolute Gasteiger partial charge is 0.127 e. The van der Waals surface area contributed by atoms with E-state index in [0.717, 1.165) is 38.5 Å². The van der Waals surface area contributed by atoms with Crippen LogP contribution in [0.5, 0.6) is 0 Å². The van der Waals surface area contributed by atoms with Crippen LogP contribution in [0.1, 0.15) is 49.5 Å². The Balaban J connectivity index is 0.00000256. The van der Waals surface area contributed by atoms with E-state index < -0.39 is 0 Å². The number of aryl methyl sites for hydroxylation is 1. The molecule has 7 heteroatoms. The van der Waals surface area contributed by atoms with E-state index in [1.807, 2.05) is 12.4 Å². The molecule has 0 spiro atoms. The van der Waals surface area contributed by atoms with E-state index in [1.54, 1.807) is 0 Å². The minimum absolute atomic E-state index is 0. The average Bonchev–Trinajstić information content (AvgIpc) is 3.29. The second-order valence-electron chi connectivity index (χ2n) is 9.02. The Morgan fingerprint density at radius 3 is 2.57 bits per heavy atom. The molecule has 4 rings (SSSR count). The topological polar surface area (TPSA) is 50.9 Å². The largest absolute Gasteiger partial charge is 0.337 e. The fourth-order valence-electron chi connectivity index (χ4n) is 4.17. The molecule has 1 aliphatic heterocycles. The van der Waals surface area contributed by atoms with Crippen molar-refractivity contribution in [1.29, 1.82) is 0 Å². The summed E-state index contributed by atoms with van der Waals surface area (Å²) in [4.78, 5) is 7.16. The zero-order chi connectivity index (χ0) is 20.4. The third kappa shape index (κ3) is 4.94. The van der Waals surface area contributed by atoms with E-state index in [9.17, 15) is 0 Å². The number of nitrogens with one attached hydrogen (secondary N) is 1. The minimum atomic E-state index is 0. The van der Waals surface area contributed by atoms with Gasteiger partial charge in [0.1, 0.15) is 5.82 Å². The number of hydrogen-bond donors (Lipinski definition) is 1. The maximum atomic E-state index is 5.00. The zero-order valence-corrected chi connectivity index (χ0v) is 19.2. The lowest BCUT2D eigenvalue weighted by Gasteiger charge is -2.36. The van der Waals surface area contributed by atoms with Gasteiger partial charge in [0.2, 0.25) is 0 Å². The molecule has 1 N–H and O–H groups in total. The Bertz CT molecular complexity index is 940. The van der Waals surface area contributed by atoms with Crippen molar-refractivity contribution in [3.05, 3.63) is 71.6 Å². The molecule has 2 aromatic heterocycles. The first-order chi connectivity index (χ1) is 13.9. The first kappa shape index (κ1) is 22.5. The van der Waals surface area contributed by atoms with Crippen LogP contribution in [0.15, 0.2) is 48.9 Å². The molecule has 1 aromatic carbocycles. The van der Waals surface area contributed by atoms with Gasteiger partial charge in [-0.2, -0.15) is 5.10 Å². The van der Waals surface area contributed by atoms with Crippen LogP contribution in [-0.4, -0.2) is 43.9 Å². The highest BCUT2D eigenvalue weighted by atomic mass is 35.5. The zero-order valence-electron chi connectivity index (χ0n) is 18.4. The van der Waals surface area contributed by atoms with Gasteiger partial charge in [0.25, 0.3) is 0 Å². The Morgan fingerprint density at radius 1 is 1.13 bits per heavy atom. The van der Waals surface area contributed by atoms with Crippen LogP contribution in [0.3, 0.4) is 0 Å². The van der Waals surface area contributed by atoms with Crippen LogP contribution in [-0.2, 0) is 25.6 Å². The second kappa shape index (κ2) is 9.33. The summed E-state index contributed by atoms with van der Waals surface area (Å²) in [5.74, 6) is 1.12. The third-order valence-corrected chi connectivity index (χ3v) is 5.62. The van der Waals surface area contributed by atoms with Gasteiger partial charge in [0, 0.05) is 62.8 Å². The van der Waals surface area contributed by atoms with Crippen LogP contribution in [0, 0.1) is 0 Å². The van der Waals surface area contributed by atoms with Crippen molar-refractivity contribution in [3.63, 3.8) is 0 Å². The Kier molecular flexibility index (Phi) is 7.01. The monoisotopic (exact) mass is 428 g/mol. The molecule has 3 aromatic rings. The van der Waals surface area contributed by atoms with Gasteiger partial charge in [0.05, 0.1) is 18.3 Å². The SMILES string of the molecule is Cl.Cn1ccnc1C1CNCCN1Cc1cn(Cc2ccccc2)nc1C(C)(C)C. The van der Waals surface area contributed by atoms with Crippen molar-refractivity contribution >= 4 is 12.4 Å². The Hall–Kier alpha value is -2.15. The molecule has 0 aliphatic carbocycles. The average molecular weight is 429 g/mol. The van der Waals surface area contributed by atoms with Crippen LogP contribution in [0.25, 0.3) is 0 Å². The predicted molar refractivity (Wildman–Crippen MR) is 123 cm³/mol. The Morgan fingerprint density at radius 2 is 1.90 bits per heavy atom. The van der Waals surface area contributed by atoms with E-state index in [1.165, 1.54) is 16.8 Å². The fraction of sp³-hybridized carbons (Fsp3) is 0.478. The third-order valence-electron chi connectivity index (χ3n) is 5.62. The number of hydrogen-bond acceptors (Lipinski definition) is 4. The highest BCUT2D eigenvalue weighted by Crippen LogP contribution is 2.29. The van der Waals surface area contributed by atoms with Crippen molar-refractivity contribution in [3.8, 4) is 0 Å². The summed E-state index contributed by atoms with van der Waals surface area (Å²) in [6.45, 7) is 11.4. The fourth-order valence-corrected chi connectivity index (χ4v) is 4.17. The number of rotatable bonds is 5. The van der Waals surface area contributed by atoms with Gasteiger partial charge in [-0.3, -0.25) is 9.58 Å². The van der Waals surface area contributed by atoms with Crippen molar-refractivity contribution in [2.75, 3.05) is 19.6 Å². The molecule has 0 bridgehead atoms. The number of piperazine rings is 1. The number of halogens is 1. The van der Waals surface area contributed by atoms with E-state index in [-0.39, 0.29) is 23.9 Å². The van der Waals surface area contributed by atoms with Crippen molar-refractivity contribution in [1.82, 2.24) is 29.5 Å². The summed E-state index contributed by atoms with van der Waals surface area (Å²) < 4.78 is 4.23. The molecule has 0 radical (unpaired) electrons. The minimum Gasteiger partial charge on any atom is -0.337 e. The quantitative estimate of drug-likeness (QED) is 0.675. The predicted octanol–water partition coefficient (Wildman–Crippen LogP) is 3.53. The molecule has 1 fully saturated rings. The van der Waals surface area contributed by atoms with E-state index in [2.05, 4.69) is 88.8 Å². The summed E-state index contributed by atoms with van der Waals surface area (Å²) in [7, 11) is 2.08. The molecule has 0 saturated carbocycles. The molecule has 1 saturated heterocycles. The van der Waals surface area contributed by atoms with Crippen LogP contribution < -0.4 is 5.32 Å². The lowest BCUT2D eigenvalue weighted by molar-refractivity contribution is 0.144. The normalized spacial score (nSPS) is 17.7. The standard InChI is InChI=1S/C23H32N6.ClH/c1-23(2,3)21-19(17-29(26-21)15-18-8-6-5-7-9-18)16-28-13-10-24-14-20(28)22-25-11-12-27(22)4;/h5-9,11-12,17,20,24H,10,13-16H2,1-4H3;1H.